The molecule has 13 heteroatoms. The summed E-state index contributed by atoms with van der Waals surface area (Å²) in [7, 11) is 2.01. The van der Waals surface area contributed by atoms with Gasteiger partial charge >= 0.3 is 12.1 Å². The van der Waals surface area contributed by atoms with Crippen molar-refractivity contribution in [1.82, 2.24) is 24.6 Å². The quantitative estimate of drug-likeness (QED) is 0.120. The predicted octanol–water partition coefficient (Wildman–Crippen LogP) is 9.09. The molecule has 2 aromatic heterocycles. The number of ether oxygens (including phenoxy) is 5. The average Bonchev–Trinajstić information content (AvgIpc) is 3.57. The fourth-order valence-corrected chi connectivity index (χ4v) is 8.88. The Morgan fingerprint density at radius 2 is 1.84 bits per heavy atom. The minimum Gasteiger partial charge on any atom is -0.486 e. The van der Waals surface area contributed by atoms with E-state index in [0.29, 0.717) is 67.7 Å². The lowest BCUT2D eigenvalue weighted by Gasteiger charge is -2.29. The van der Waals surface area contributed by atoms with Gasteiger partial charge in [0, 0.05) is 78.8 Å². The molecule has 5 heterocycles. The van der Waals surface area contributed by atoms with E-state index < -0.39 is 5.60 Å². The Labute approximate surface area is 356 Å². The molecule has 1 saturated carbocycles. The fraction of sp³-hybridized carbons (Fsp3) is 0.500. The number of fused-ring (bicyclic) bond motifs is 2. The molecule has 12 nitrogen and oxygen atoms in total. The zero-order valence-electron chi connectivity index (χ0n) is 35.8. The summed E-state index contributed by atoms with van der Waals surface area (Å²) in [5.74, 6) is 3.96. The van der Waals surface area contributed by atoms with Crippen molar-refractivity contribution in [2.45, 2.75) is 103 Å². The third kappa shape index (κ3) is 8.45. The van der Waals surface area contributed by atoms with Gasteiger partial charge in [-0.15, -0.1) is 6.42 Å². The number of carbonyl (C=O) groups is 1. The summed E-state index contributed by atoms with van der Waals surface area (Å²) in [6.07, 6.45) is 13.3. The van der Waals surface area contributed by atoms with Crippen LogP contribution in [0.5, 0.6) is 11.8 Å². The van der Waals surface area contributed by atoms with Gasteiger partial charge in [0.2, 0.25) is 0 Å². The second kappa shape index (κ2) is 16.8. The lowest BCUT2D eigenvalue weighted by Crippen LogP contribution is -2.39. The Kier molecular flexibility index (Phi) is 11.3. The molecule has 3 aromatic carbocycles. The number of likely N-dealkylation sites (tertiary alicyclic amines) is 1. The molecular formula is C48H55FN6O6. The summed E-state index contributed by atoms with van der Waals surface area (Å²) in [4.78, 5) is 27.4. The number of benzene rings is 3. The number of anilines is 1. The van der Waals surface area contributed by atoms with E-state index in [1.807, 2.05) is 69.9 Å². The van der Waals surface area contributed by atoms with Gasteiger partial charge in [-0.05, 0) is 113 Å². The van der Waals surface area contributed by atoms with Gasteiger partial charge in [0.1, 0.15) is 29.4 Å². The molecule has 9 rings (SSSR count). The van der Waals surface area contributed by atoms with Crippen LogP contribution in [0.1, 0.15) is 100 Å². The topological polar surface area (TPSA) is 113 Å². The molecule has 5 aromatic rings. The highest BCUT2D eigenvalue weighted by Crippen LogP contribution is 2.53. The van der Waals surface area contributed by atoms with Crippen LogP contribution in [-0.2, 0) is 20.8 Å². The Morgan fingerprint density at radius 3 is 2.54 bits per heavy atom. The Hall–Kier alpha value is -5.45. The van der Waals surface area contributed by atoms with Crippen LogP contribution in [-0.4, -0.2) is 88.9 Å². The van der Waals surface area contributed by atoms with Crippen molar-refractivity contribution in [3.8, 4) is 35.2 Å². The highest BCUT2D eigenvalue weighted by Gasteiger charge is 2.37. The van der Waals surface area contributed by atoms with Crippen LogP contribution in [0.25, 0.3) is 32.9 Å². The molecule has 3 saturated heterocycles. The number of hydrogen-bond donors (Lipinski definition) is 0. The van der Waals surface area contributed by atoms with Crippen molar-refractivity contribution in [2.75, 3.05) is 51.5 Å². The van der Waals surface area contributed by atoms with Crippen molar-refractivity contribution in [3.05, 3.63) is 70.7 Å². The lowest BCUT2D eigenvalue weighted by molar-refractivity contribution is -0.0366. The highest BCUT2D eigenvalue weighted by atomic mass is 19.1. The standard InChI is InChI=1S/C48H55FN6O6/c1-7-30-11-13-31(14-12-30)27-59-44-42(41-29(2)38(49)23-39-37(41)24-50-55(39)40-10-8-9-20-58-40)35(33-15-16-33)22-36-43(44)51-46(60-28-32-18-21-57-26-32)52-45(36)53(6)34-17-19-54(25-34)47(56)61-48(3,4)5/h1,11-14,22-24,32-34,40H,8-10,15-21,25-28H2,2-6H3/t32-,34-,40?/m0/s1. The summed E-state index contributed by atoms with van der Waals surface area (Å²) in [6, 6.07) is 11.6. The number of amides is 1. The third-order valence-electron chi connectivity index (χ3n) is 12.4. The van der Waals surface area contributed by atoms with Gasteiger partial charge in [-0.25, -0.2) is 13.9 Å². The van der Waals surface area contributed by atoms with Crippen molar-refractivity contribution < 1.29 is 32.9 Å². The molecule has 1 aliphatic carbocycles. The van der Waals surface area contributed by atoms with Crippen molar-refractivity contribution in [1.29, 1.82) is 0 Å². The predicted molar refractivity (Wildman–Crippen MR) is 232 cm³/mol. The second-order valence-corrected chi connectivity index (χ2v) is 18.0. The van der Waals surface area contributed by atoms with Crippen LogP contribution in [0, 0.1) is 31.0 Å². The van der Waals surface area contributed by atoms with Crippen molar-refractivity contribution >= 4 is 33.7 Å². The Balaban J connectivity index is 1.24. The van der Waals surface area contributed by atoms with Crippen LogP contribution in [0.3, 0.4) is 0 Å². The maximum Gasteiger partial charge on any atom is 0.410 e. The summed E-state index contributed by atoms with van der Waals surface area (Å²) in [6.45, 7) is 11.0. The summed E-state index contributed by atoms with van der Waals surface area (Å²) in [5, 5.41) is 6.44. The molecule has 4 fully saturated rings. The van der Waals surface area contributed by atoms with Gasteiger partial charge in [0.25, 0.3) is 0 Å². The van der Waals surface area contributed by atoms with E-state index >= 15 is 4.39 Å². The van der Waals surface area contributed by atoms with Gasteiger partial charge < -0.3 is 33.5 Å². The van der Waals surface area contributed by atoms with Crippen molar-refractivity contribution in [3.63, 3.8) is 0 Å². The molecule has 3 atom stereocenters. The molecule has 3 aliphatic heterocycles. The van der Waals surface area contributed by atoms with Crippen LogP contribution < -0.4 is 14.4 Å². The molecule has 320 valence electrons. The first kappa shape index (κ1) is 40.9. The minimum absolute atomic E-state index is 0.0669. The van der Waals surface area contributed by atoms with E-state index in [-0.39, 0.29) is 48.6 Å². The zero-order valence-corrected chi connectivity index (χ0v) is 35.8. The van der Waals surface area contributed by atoms with Crippen LogP contribution >= 0.6 is 0 Å². The first-order chi connectivity index (χ1) is 29.5. The van der Waals surface area contributed by atoms with Crippen molar-refractivity contribution in [2.24, 2.45) is 5.92 Å². The van der Waals surface area contributed by atoms with E-state index in [2.05, 4.69) is 16.9 Å². The molecular weight excluding hydrogens is 776 g/mol. The maximum absolute atomic E-state index is 16.5. The Morgan fingerprint density at radius 1 is 1.02 bits per heavy atom. The van der Waals surface area contributed by atoms with Gasteiger partial charge in [-0.2, -0.15) is 15.1 Å². The van der Waals surface area contributed by atoms with E-state index in [1.54, 1.807) is 11.0 Å². The van der Waals surface area contributed by atoms with E-state index in [0.717, 1.165) is 83.5 Å². The number of carbonyl (C=O) groups excluding carboxylic acids is 1. The van der Waals surface area contributed by atoms with Crippen LogP contribution in [0.4, 0.5) is 15.0 Å². The first-order valence-corrected chi connectivity index (χ1v) is 21.7. The maximum atomic E-state index is 16.5. The number of halogens is 1. The van der Waals surface area contributed by atoms with E-state index in [1.165, 1.54) is 0 Å². The third-order valence-corrected chi connectivity index (χ3v) is 12.4. The SMILES string of the molecule is C#Cc1ccc(COc2c(-c3c(C)c(F)cc4c3cnn4C3CCCCO3)c(C3CC3)cc3c(N(C)[C@H]4CCN(C(=O)OC(C)(C)C)C4)nc(OC[C@H]4CCOC4)nc23)cc1. The fourth-order valence-electron chi connectivity index (χ4n) is 8.88. The Bertz CT molecular complexity index is 2480. The monoisotopic (exact) mass is 830 g/mol. The van der Waals surface area contributed by atoms with Gasteiger partial charge in [-0.1, -0.05) is 18.1 Å². The molecule has 1 amide bonds. The summed E-state index contributed by atoms with van der Waals surface area (Å²) >= 11 is 0. The smallest absolute Gasteiger partial charge is 0.410 e. The van der Waals surface area contributed by atoms with Crippen LogP contribution in [0.2, 0.25) is 0 Å². The largest absolute Gasteiger partial charge is 0.486 e. The number of hydrogen-bond acceptors (Lipinski definition) is 10. The molecule has 0 bridgehead atoms. The highest BCUT2D eigenvalue weighted by molar-refractivity contribution is 6.06. The number of nitrogens with zero attached hydrogens (tertiary/aromatic N) is 6. The number of likely N-dealkylation sites (N-methyl/N-ethyl adjacent to an activating group) is 1. The van der Waals surface area contributed by atoms with E-state index in [4.69, 9.17) is 45.2 Å². The summed E-state index contributed by atoms with van der Waals surface area (Å²) < 4.78 is 49.5. The molecule has 4 aliphatic rings. The number of terminal acetylenes is 1. The molecule has 0 spiro atoms. The van der Waals surface area contributed by atoms with Gasteiger partial charge in [0.15, 0.2) is 12.0 Å². The second-order valence-electron chi connectivity index (χ2n) is 18.0. The number of rotatable bonds is 11. The molecule has 1 unspecified atom stereocenters. The zero-order chi connectivity index (χ0) is 42.4. The lowest BCUT2D eigenvalue weighted by atomic mass is 9.88. The first-order valence-electron chi connectivity index (χ1n) is 21.7. The van der Waals surface area contributed by atoms with Crippen LogP contribution in [0.15, 0.2) is 42.6 Å². The minimum atomic E-state index is -0.606. The number of aromatic nitrogens is 4. The molecule has 61 heavy (non-hydrogen) atoms. The average molecular weight is 831 g/mol. The molecule has 0 radical (unpaired) electrons. The molecule has 0 N–H and O–H groups in total. The summed E-state index contributed by atoms with van der Waals surface area (Å²) in [5.41, 5.74) is 5.36. The van der Waals surface area contributed by atoms with Gasteiger partial charge in [-0.3, -0.25) is 0 Å². The normalized spacial score (nSPS) is 20.6. The van der Waals surface area contributed by atoms with Gasteiger partial charge in [0.05, 0.1) is 24.9 Å². The van der Waals surface area contributed by atoms with E-state index in [9.17, 15) is 4.79 Å².